The number of hydrogen-bond acceptors (Lipinski definition) is 8. The number of nitrogens with one attached hydrogen (secondary N) is 2. The molecule has 41 heavy (non-hydrogen) atoms. The van der Waals surface area contributed by atoms with Crippen molar-refractivity contribution in [2.45, 2.75) is 31.7 Å². The monoisotopic (exact) mass is 567 g/mol. The first-order chi connectivity index (χ1) is 20.1. The van der Waals surface area contributed by atoms with Gasteiger partial charge < -0.3 is 19.9 Å². The molecule has 210 valence electrons. The van der Waals surface area contributed by atoms with Crippen LogP contribution in [0, 0.1) is 5.92 Å². The minimum absolute atomic E-state index is 0.117. The lowest BCUT2D eigenvalue weighted by molar-refractivity contribution is -0.138. The molecule has 0 bridgehead atoms. The van der Waals surface area contributed by atoms with Gasteiger partial charge in [0.25, 0.3) is 0 Å². The molecule has 2 aromatic carbocycles. The highest BCUT2D eigenvalue weighted by Crippen LogP contribution is 2.35. The molecule has 2 aliphatic heterocycles. The number of para-hydroxylation sites is 1. The van der Waals surface area contributed by atoms with Crippen LogP contribution in [0.4, 0.5) is 5.82 Å². The zero-order chi connectivity index (χ0) is 27.8. The van der Waals surface area contributed by atoms with E-state index in [1.807, 2.05) is 48.5 Å². The van der Waals surface area contributed by atoms with Gasteiger partial charge >= 0.3 is 0 Å². The van der Waals surface area contributed by atoms with Gasteiger partial charge in [0.15, 0.2) is 11.5 Å². The Kier molecular flexibility index (Phi) is 7.02. The van der Waals surface area contributed by atoms with Crippen molar-refractivity contribution >= 4 is 44.3 Å². The summed E-state index contributed by atoms with van der Waals surface area (Å²) in [6, 6.07) is 18.2. The van der Waals surface area contributed by atoms with Gasteiger partial charge in [-0.15, -0.1) is 11.3 Å². The molecule has 0 spiro atoms. The lowest BCUT2D eigenvalue weighted by Gasteiger charge is -2.37. The summed E-state index contributed by atoms with van der Waals surface area (Å²) < 4.78 is 7.53. The van der Waals surface area contributed by atoms with Crippen molar-refractivity contribution in [3.8, 4) is 22.1 Å². The second kappa shape index (κ2) is 11.1. The minimum Gasteiger partial charge on any atom is -0.456 e. The van der Waals surface area contributed by atoms with E-state index in [-0.39, 0.29) is 12.0 Å². The first-order valence-electron chi connectivity index (χ1n) is 14.3. The molecule has 5 heterocycles. The van der Waals surface area contributed by atoms with E-state index in [2.05, 4.69) is 43.4 Å². The van der Waals surface area contributed by atoms with Crippen LogP contribution in [0.2, 0.25) is 0 Å². The van der Waals surface area contributed by atoms with Crippen LogP contribution in [0.1, 0.15) is 25.7 Å². The molecule has 1 atom stereocenters. The zero-order valence-electron chi connectivity index (χ0n) is 23.0. The highest BCUT2D eigenvalue weighted by atomic mass is 32.1. The van der Waals surface area contributed by atoms with E-state index in [0.29, 0.717) is 29.7 Å². The lowest BCUT2D eigenvalue weighted by Crippen LogP contribution is -2.49. The van der Waals surface area contributed by atoms with E-state index < -0.39 is 0 Å². The third-order valence-electron chi connectivity index (χ3n) is 8.19. The number of likely N-dealkylation sites (tertiary alicyclic amines) is 2. The number of ether oxygens (including phenoxy) is 1. The summed E-state index contributed by atoms with van der Waals surface area (Å²) in [5.74, 6) is 2.54. The highest BCUT2D eigenvalue weighted by molar-refractivity contribution is 7.21. The number of carbonyl (C=O) groups is 1. The Morgan fingerprint density at radius 3 is 2.71 bits per heavy atom. The Morgan fingerprint density at radius 2 is 1.88 bits per heavy atom. The third kappa shape index (κ3) is 5.37. The quantitative estimate of drug-likeness (QED) is 0.269. The van der Waals surface area contributed by atoms with Crippen LogP contribution in [0.3, 0.4) is 0 Å². The number of carbonyl (C=O) groups excluding carboxylic acids is 1. The number of rotatable bonds is 6. The Bertz CT molecular complexity index is 1640. The summed E-state index contributed by atoms with van der Waals surface area (Å²) in [5.41, 5.74) is 2.73. The number of amides is 1. The number of anilines is 1. The molecule has 0 radical (unpaired) electrons. The van der Waals surface area contributed by atoms with Gasteiger partial charge in [0, 0.05) is 42.9 Å². The summed E-state index contributed by atoms with van der Waals surface area (Å²) in [6.07, 6.45) is 5.57. The van der Waals surface area contributed by atoms with Crippen molar-refractivity contribution in [3.05, 3.63) is 60.8 Å². The van der Waals surface area contributed by atoms with Gasteiger partial charge in [0.2, 0.25) is 5.91 Å². The molecule has 5 aromatic rings. The first-order valence-corrected chi connectivity index (χ1v) is 15.1. The van der Waals surface area contributed by atoms with E-state index >= 15 is 0 Å². The fourth-order valence-electron chi connectivity index (χ4n) is 5.90. The maximum atomic E-state index is 13.3. The standard InChI is InChI=1S/C31H33N7O2S/c1-37-17-13-21(14-18-37)31(39)38-16-4-5-22(19-38)33-29-27-25(12-15-32-28(27)35-36-29)40-23-10-8-20(9-11-23)30-34-24-6-2-3-7-26(24)41-30/h2-3,6-12,15,21-22H,4-5,13-14,16-19H2,1H3,(H2,32,33,35,36)/t22-/m1/s1. The van der Waals surface area contributed by atoms with Gasteiger partial charge in [0.05, 0.1) is 10.2 Å². The molecule has 2 N–H and O–H groups in total. The molecule has 0 unspecified atom stereocenters. The molecule has 7 rings (SSSR count). The number of H-pyrrole nitrogens is 1. The van der Waals surface area contributed by atoms with Crippen LogP contribution in [-0.4, -0.2) is 75.1 Å². The zero-order valence-corrected chi connectivity index (χ0v) is 23.9. The van der Waals surface area contributed by atoms with Crippen molar-refractivity contribution in [2.75, 3.05) is 38.5 Å². The number of benzene rings is 2. The van der Waals surface area contributed by atoms with E-state index in [4.69, 9.17) is 9.72 Å². The van der Waals surface area contributed by atoms with E-state index in [1.165, 1.54) is 4.70 Å². The van der Waals surface area contributed by atoms with Gasteiger partial charge in [-0.05, 0) is 82.2 Å². The highest BCUT2D eigenvalue weighted by Gasteiger charge is 2.31. The molecule has 2 saturated heterocycles. The predicted molar refractivity (Wildman–Crippen MR) is 162 cm³/mol. The average Bonchev–Trinajstić information content (AvgIpc) is 3.63. The summed E-state index contributed by atoms with van der Waals surface area (Å²) in [6.45, 7) is 3.49. The first kappa shape index (κ1) is 25.9. The lowest BCUT2D eigenvalue weighted by atomic mass is 9.94. The van der Waals surface area contributed by atoms with Crippen LogP contribution in [0.5, 0.6) is 11.5 Å². The number of fused-ring (bicyclic) bond motifs is 2. The number of pyridine rings is 1. The summed E-state index contributed by atoms with van der Waals surface area (Å²) in [5, 5.41) is 13.0. The molecule has 2 fully saturated rings. The van der Waals surface area contributed by atoms with Crippen LogP contribution < -0.4 is 10.1 Å². The van der Waals surface area contributed by atoms with Crippen molar-refractivity contribution in [3.63, 3.8) is 0 Å². The molecule has 0 saturated carbocycles. The number of aromatic amines is 1. The number of aromatic nitrogens is 4. The predicted octanol–water partition coefficient (Wildman–Crippen LogP) is 5.77. The van der Waals surface area contributed by atoms with Crippen LogP contribution in [0.25, 0.3) is 31.8 Å². The summed E-state index contributed by atoms with van der Waals surface area (Å²) in [4.78, 5) is 26.8. The van der Waals surface area contributed by atoms with Crippen molar-refractivity contribution in [1.82, 2.24) is 30.0 Å². The fraction of sp³-hybridized carbons (Fsp3) is 0.355. The Labute approximate surface area is 242 Å². The Balaban J connectivity index is 1.06. The third-order valence-corrected chi connectivity index (χ3v) is 9.27. The van der Waals surface area contributed by atoms with Gasteiger partial charge in [-0.1, -0.05) is 12.1 Å². The Morgan fingerprint density at radius 1 is 1.05 bits per heavy atom. The Hall–Kier alpha value is -4.02. The maximum Gasteiger partial charge on any atom is 0.225 e. The van der Waals surface area contributed by atoms with Crippen molar-refractivity contribution in [2.24, 2.45) is 5.92 Å². The molecular weight excluding hydrogens is 534 g/mol. The molecule has 1 amide bonds. The van der Waals surface area contributed by atoms with Crippen LogP contribution in [0.15, 0.2) is 60.8 Å². The van der Waals surface area contributed by atoms with Gasteiger partial charge in [-0.2, -0.15) is 5.10 Å². The number of nitrogens with zero attached hydrogens (tertiary/aromatic N) is 5. The van der Waals surface area contributed by atoms with Crippen LogP contribution in [-0.2, 0) is 4.79 Å². The molecule has 0 aliphatic carbocycles. The number of thiazole rings is 1. The molecule has 2 aliphatic rings. The maximum absolute atomic E-state index is 13.3. The van der Waals surface area contributed by atoms with Crippen molar-refractivity contribution < 1.29 is 9.53 Å². The number of piperidine rings is 2. The normalized spacial score (nSPS) is 18.7. The largest absolute Gasteiger partial charge is 0.456 e. The van der Waals surface area contributed by atoms with E-state index in [1.54, 1.807) is 17.5 Å². The topological polar surface area (TPSA) is 99.3 Å². The van der Waals surface area contributed by atoms with E-state index in [9.17, 15) is 4.79 Å². The average molecular weight is 568 g/mol. The van der Waals surface area contributed by atoms with E-state index in [0.717, 1.165) is 72.5 Å². The summed E-state index contributed by atoms with van der Waals surface area (Å²) in [7, 11) is 2.13. The summed E-state index contributed by atoms with van der Waals surface area (Å²) >= 11 is 1.68. The van der Waals surface area contributed by atoms with Gasteiger partial charge in [-0.3, -0.25) is 9.89 Å². The SMILES string of the molecule is CN1CCC(C(=O)N2CCC[C@@H](Nc3n[nH]c4nccc(Oc5ccc(-c6nc7ccccc7s6)cc5)c34)C2)CC1. The second-order valence-corrected chi connectivity index (χ2v) is 12.1. The minimum atomic E-state index is 0.117. The van der Waals surface area contributed by atoms with Crippen molar-refractivity contribution in [1.29, 1.82) is 0 Å². The molecule has 9 nitrogen and oxygen atoms in total. The van der Waals surface area contributed by atoms with Gasteiger partial charge in [0.1, 0.15) is 21.9 Å². The molecular formula is C31H33N7O2S. The molecule has 3 aromatic heterocycles. The fourth-order valence-corrected chi connectivity index (χ4v) is 6.87. The smallest absolute Gasteiger partial charge is 0.225 e. The molecule has 10 heteroatoms. The van der Waals surface area contributed by atoms with Crippen LogP contribution >= 0.6 is 11.3 Å². The van der Waals surface area contributed by atoms with Gasteiger partial charge in [-0.25, -0.2) is 9.97 Å². The second-order valence-electron chi connectivity index (χ2n) is 11.1. The number of hydrogen-bond donors (Lipinski definition) is 2.